The minimum absolute atomic E-state index is 0.641. The van der Waals surface area contributed by atoms with Gasteiger partial charge in [0.1, 0.15) is 0 Å². The summed E-state index contributed by atoms with van der Waals surface area (Å²) in [5.74, 6) is 0.641. The topological polar surface area (TPSA) is 26.0 Å². The van der Waals surface area contributed by atoms with Gasteiger partial charge in [0.2, 0.25) is 0 Å². The highest BCUT2D eigenvalue weighted by atomic mass is 14.5. The van der Waals surface area contributed by atoms with E-state index >= 15 is 0 Å². The fourth-order valence-electron chi connectivity index (χ4n) is 1.64. The van der Waals surface area contributed by atoms with E-state index in [0.717, 1.165) is 19.4 Å². The normalized spacial score (nSPS) is 12.8. The van der Waals surface area contributed by atoms with Gasteiger partial charge in [-0.1, -0.05) is 44.5 Å². The van der Waals surface area contributed by atoms with Crippen molar-refractivity contribution in [2.24, 2.45) is 11.7 Å². The molecule has 0 saturated heterocycles. The van der Waals surface area contributed by atoms with Crippen LogP contribution in [0.5, 0.6) is 0 Å². The molecule has 0 radical (unpaired) electrons. The largest absolute Gasteiger partial charge is 0.330 e. The number of nitrogens with two attached hydrogens (primary N) is 1. The SMILES string of the molecule is CCc1ccc(CC(CC)CN)cc1. The lowest BCUT2D eigenvalue weighted by Crippen LogP contribution is -2.15. The van der Waals surface area contributed by atoms with Crippen LogP contribution in [0.25, 0.3) is 0 Å². The van der Waals surface area contributed by atoms with E-state index in [9.17, 15) is 0 Å². The zero-order chi connectivity index (χ0) is 10.4. The molecule has 0 fully saturated rings. The Morgan fingerprint density at radius 3 is 2.07 bits per heavy atom. The molecule has 0 heterocycles. The Hall–Kier alpha value is -0.820. The third-order valence-electron chi connectivity index (χ3n) is 2.87. The Morgan fingerprint density at radius 1 is 1.07 bits per heavy atom. The molecule has 0 saturated carbocycles. The molecule has 2 N–H and O–H groups in total. The molecule has 0 aliphatic rings. The van der Waals surface area contributed by atoms with E-state index in [4.69, 9.17) is 5.73 Å². The van der Waals surface area contributed by atoms with Gasteiger partial charge in [-0.25, -0.2) is 0 Å². The Labute approximate surface area is 87.3 Å². The van der Waals surface area contributed by atoms with Gasteiger partial charge in [0, 0.05) is 0 Å². The van der Waals surface area contributed by atoms with E-state index in [1.165, 1.54) is 17.5 Å². The molecule has 0 spiro atoms. The second-order valence-electron chi connectivity index (χ2n) is 3.88. The summed E-state index contributed by atoms with van der Waals surface area (Å²) >= 11 is 0. The fourth-order valence-corrected chi connectivity index (χ4v) is 1.64. The van der Waals surface area contributed by atoms with Crippen LogP contribution >= 0.6 is 0 Å². The lowest BCUT2D eigenvalue weighted by Gasteiger charge is -2.12. The van der Waals surface area contributed by atoms with Crippen LogP contribution in [0.3, 0.4) is 0 Å². The molecule has 1 aromatic carbocycles. The van der Waals surface area contributed by atoms with Crippen LogP contribution in [0, 0.1) is 5.92 Å². The van der Waals surface area contributed by atoms with Crippen LogP contribution in [0.4, 0.5) is 0 Å². The average Bonchev–Trinajstić information content (AvgIpc) is 2.26. The van der Waals surface area contributed by atoms with Crippen molar-refractivity contribution in [1.29, 1.82) is 0 Å². The molecule has 1 rings (SSSR count). The van der Waals surface area contributed by atoms with Crippen LogP contribution in [-0.2, 0) is 12.8 Å². The molecule has 78 valence electrons. The monoisotopic (exact) mass is 191 g/mol. The molecular formula is C13H21N. The number of benzene rings is 1. The third-order valence-corrected chi connectivity index (χ3v) is 2.87. The molecule has 14 heavy (non-hydrogen) atoms. The second-order valence-corrected chi connectivity index (χ2v) is 3.88. The van der Waals surface area contributed by atoms with Crippen LogP contribution in [0.1, 0.15) is 31.4 Å². The summed E-state index contributed by atoms with van der Waals surface area (Å²) in [5, 5.41) is 0. The van der Waals surface area contributed by atoms with Crippen molar-refractivity contribution < 1.29 is 0 Å². The van der Waals surface area contributed by atoms with Gasteiger partial charge in [0.05, 0.1) is 0 Å². The van der Waals surface area contributed by atoms with Crippen molar-refractivity contribution in [2.75, 3.05) is 6.54 Å². The summed E-state index contributed by atoms with van der Waals surface area (Å²) in [4.78, 5) is 0. The number of hydrogen-bond donors (Lipinski definition) is 1. The fraction of sp³-hybridized carbons (Fsp3) is 0.538. The van der Waals surface area contributed by atoms with Crippen LogP contribution in [-0.4, -0.2) is 6.54 Å². The molecule has 1 aromatic rings. The lowest BCUT2D eigenvalue weighted by atomic mass is 9.96. The number of aryl methyl sites for hydroxylation is 1. The van der Waals surface area contributed by atoms with Gasteiger partial charge in [-0.15, -0.1) is 0 Å². The van der Waals surface area contributed by atoms with Gasteiger partial charge in [0.25, 0.3) is 0 Å². The van der Waals surface area contributed by atoms with Gasteiger partial charge >= 0.3 is 0 Å². The molecule has 1 heteroatoms. The maximum atomic E-state index is 5.69. The standard InChI is InChI=1S/C13H21N/c1-3-11-5-7-13(8-6-11)9-12(4-2)10-14/h5-8,12H,3-4,9-10,14H2,1-2H3. The first-order valence-corrected chi connectivity index (χ1v) is 5.58. The summed E-state index contributed by atoms with van der Waals surface area (Å²) in [7, 11) is 0. The molecule has 0 bridgehead atoms. The Bertz CT molecular complexity index is 246. The maximum absolute atomic E-state index is 5.69. The quantitative estimate of drug-likeness (QED) is 0.761. The molecule has 1 nitrogen and oxygen atoms in total. The Balaban J connectivity index is 2.58. The summed E-state index contributed by atoms with van der Waals surface area (Å²) in [6.07, 6.45) is 3.41. The summed E-state index contributed by atoms with van der Waals surface area (Å²) in [6.45, 7) is 5.19. The van der Waals surface area contributed by atoms with Crippen molar-refractivity contribution in [1.82, 2.24) is 0 Å². The predicted octanol–water partition coefficient (Wildman–Crippen LogP) is 2.78. The first-order valence-electron chi connectivity index (χ1n) is 5.58. The van der Waals surface area contributed by atoms with Crippen molar-refractivity contribution in [3.05, 3.63) is 35.4 Å². The number of hydrogen-bond acceptors (Lipinski definition) is 1. The summed E-state index contributed by atoms with van der Waals surface area (Å²) < 4.78 is 0. The van der Waals surface area contributed by atoms with Crippen LogP contribution < -0.4 is 5.73 Å². The molecule has 0 aliphatic heterocycles. The maximum Gasteiger partial charge on any atom is -0.00458 e. The molecule has 0 aliphatic carbocycles. The predicted molar refractivity (Wildman–Crippen MR) is 62.4 cm³/mol. The number of rotatable bonds is 5. The van der Waals surface area contributed by atoms with E-state index in [0.29, 0.717) is 5.92 Å². The minimum Gasteiger partial charge on any atom is -0.330 e. The molecule has 1 atom stereocenters. The highest BCUT2D eigenvalue weighted by Crippen LogP contribution is 2.12. The highest BCUT2D eigenvalue weighted by Gasteiger charge is 2.04. The van der Waals surface area contributed by atoms with Crippen molar-refractivity contribution in [3.63, 3.8) is 0 Å². The Morgan fingerprint density at radius 2 is 1.64 bits per heavy atom. The lowest BCUT2D eigenvalue weighted by molar-refractivity contribution is 0.519. The first kappa shape index (κ1) is 11.3. The van der Waals surface area contributed by atoms with Crippen LogP contribution in [0.2, 0.25) is 0 Å². The molecule has 0 aromatic heterocycles. The minimum atomic E-state index is 0.641. The average molecular weight is 191 g/mol. The van der Waals surface area contributed by atoms with Gasteiger partial charge < -0.3 is 5.73 Å². The van der Waals surface area contributed by atoms with Gasteiger partial charge in [-0.05, 0) is 36.4 Å². The molecule has 1 unspecified atom stereocenters. The summed E-state index contributed by atoms with van der Waals surface area (Å²) in [6, 6.07) is 8.91. The van der Waals surface area contributed by atoms with Crippen molar-refractivity contribution >= 4 is 0 Å². The van der Waals surface area contributed by atoms with E-state index < -0.39 is 0 Å². The zero-order valence-corrected chi connectivity index (χ0v) is 9.29. The van der Waals surface area contributed by atoms with E-state index in [1.54, 1.807) is 0 Å². The van der Waals surface area contributed by atoms with E-state index in [-0.39, 0.29) is 0 Å². The summed E-state index contributed by atoms with van der Waals surface area (Å²) in [5.41, 5.74) is 8.52. The molecule has 0 amide bonds. The smallest absolute Gasteiger partial charge is 0.00458 e. The Kier molecular flexibility index (Phi) is 4.68. The molecular weight excluding hydrogens is 170 g/mol. The van der Waals surface area contributed by atoms with Gasteiger partial charge in [-0.3, -0.25) is 0 Å². The second kappa shape index (κ2) is 5.82. The third kappa shape index (κ3) is 3.15. The van der Waals surface area contributed by atoms with E-state index in [2.05, 4.69) is 38.1 Å². The van der Waals surface area contributed by atoms with E-state index in [1.807, 2.05) is 0 Å². The highest BCUT2D eigenvalue weighted by molar-refractivity contribution is 5.22. The van der Waals surface area contributed by atoms with Gasteiger partial charge in [-0.2, -0.15) is 0 Å². The van der Waals surface area contributed by atoms with Crippen molar-refractivity contribution in [2.45, 2.75) is 33.1 Å². The first-order chi connectivity index (χ1) is 6.80. The van der Waals surface area contributed by atoms with Gasteiger partial charge in [0.15, 0.2) is 0 Å². The van der Waals surface area contributed by atoms with Crippen molar-refractivity contribution in [3.8, 4) is 0 Å². The van der Waals surface area contributed by atoms with Crippen LogP contribution in [0.15, 0.2) is 24.3 Å². The zero-order valence-electron chi connectivity index (χ0n) is 9.29.